The van der Waals surface area contributed by atoms with Gasteiger partial charge < -0.3 is 0 Å². The first-order chi connectivity index (χ1) is 9.50. The lowest BCUT2D eigenvalue weighted by molar-refractivity contribution is 0.496. The Morgan fingerprint density at radius 3 is 2.05 bits per heavy atom. The number of hydrogen-bond donors (Lipinski definition) is 1. The minimum Gasteiger partial charge on any atom is -0.282 e. The summed E-state index contributed by atoms with van der Waals surface area (Å²) in [6, 6.07) is 15.7. The van der Waals surface area contributed by atoms with E-state index < -0.39 is 10.1 Å². The third-order valence-electron chi connectivity index (χ3n) is 2.81. The fourth-order valence-electron chi connectivity index (χ4n) is 1.79. The lowest BCUT2D eigenvalue weighted by Gasteiger charge is -2.05. The van der Waals surface area contributed by atoms with E-state index in [1.165, 1.54) is 6.08 Å². The molecule has 0 heterocycles. The zero-order valence-electron chi connectivity index (χ0n) is 10.7. The minimum absolute atomic E-state index is 0.126. The van der Waals surface area contributed by atoms with Gasteiger partial charge in [0.1, 0.15) is 4.91 Å². The zero-order valence-corrected chi connectivity index (χ0v) is 11.5. The minimum atomic E-state index is -4.30. The highest BCUT2D eigenvalue weighted by atomic mass is 32.2. The van der Waals surface area contributed by atoms with Gasteiger partial charge >= 0.3 is 0 Å². The molecule has 0 aliphatic rings. The summed E-state index contributed by atoms with van der Waals surface area (Å²) in [5.74, 6) is 0. The normalized spacial score (nSPS) is 12.2. The van der Waals surface area contributed by atoms with Gasteiger partial charge in [0.25, 0.3) is 10.1 Å². The third kappa shape index (κ3) is 3.44. The van der Waals surface area contributed by atoms with Gasteiger partial charge in [0.2, 0.25) is 0 Å². The van der Waals surface area contributed by atoms with Gasteiger partial charge in [-0.25, -0.2) is 0 Å². The highest BCUT2D eigenvalue weighted by Gasteiger charge is 2.16. The molecule has 0 saturated heterocycles. The molecule has 0 spiro atoms. The van der Waals surface area contributed by atoms with Gasteiger partial charge in [-0.1, -0.05) is 67.3 Å². The van der Waals surface area contributed by atoms with Crippen LogP contribution in [-0.4, -0.2) is 13.0 Å². The molecular weight excluding hydrogens is 272 g/mol. The van der Waals surface area contributed by atoms with Crippen LogP contribution in [0.2, 0.25) is 0 Å². The Kier molecular flexibility index (Phi) is 4.17. The number of benzene rings is 2. The molecule has 0 aliphatic carbocycles. The van der Waals surface area contributed by atoms with Crippen LogP contribution in [0, 0.1) is 0 Å². The van der Waals surface area contributed by atoms with E-state index in [9.17, 15) is 13.0 Å². The molecule has 0 unspecified atom stereocenters. The van der Waals surface area contributed by atoms with Gasteiger partial charge in [0, 0.05) is 0 Å². The van der Waals surface area contributed by atoms with Crippen molar-refractivity contribution in [1.29, 1.82) is 0 Å². The van der Waals surface area contributed by atoms with E-state index >= 15 is 0 Å². The van der Waals surface area contributed by atoms with Gasteiger partial charge in [-0.05, 0) is 22.8 Å². The van der Waals surface area contributed by atoms with Crippen molar-refractivity contribution in [2.24, 2.45) is 0 Å². The molecule has 0 aromatic heterocycles. The van der Waals surface area contributed by atoms with Crippen LogP contribution < -0.4 is 0 Å². The van der Waals surface area contributed by atoms with Crippen LogP contribution in [-0.2, 0) is 10.1 Å². The van der Waals surface area contributed by atoms with Crippen molar-refractivity contribution in [1.82, 2.24) is 0 Å². The zero-order chi connectivity index (χ0) is 14.6. The Morgan fingerprint density at radius 2 is 1.55 bits per heavy atom. The van der Waals surface area contributed by atoms with Crippen LogP contribution in [0.25, 0.3) is 17.1 Å². The van der Waals surface area contributed by atoms with E-state index in [0.717, 1.165) is 5.56 Å². The third-order valence-corrected chi connectivity index (χ3v) is 3.72. The fourth-order valence-corrected chi connectivity index (χ4v) is 2.51. The van der Waals surface area contributed by atoms with E-state index in [1.54, 1.807) is 54.6 Å². The topological polar surface area (TPSA) is 54.4 Å². The van der Waals surface area contributed by atoms with Crippen LogP contribution in [0.1, 0.15) is 16.7 Å². The summed E-state index contributed by atoms with van der Waals surface area (Å²) < 4.78 is 32.5. The van der Waals surface area contributed by atoms with Crippen molar-refractivity contribution in [3.05, 3.63) is 77.9 Å². The molecule has 2 aromatic rings. The predicted molar refractivity (Wildman–Crippen MR) is 82.4 cm³/mol. The molecule has 102 valence electrons. The van der Waals surface area contributed by atoms with Crippen LogP contribution in [0.4, 0.5) is 0 Å². The Morgan fingerprint density at radius 1 is 0.950 bits per heavy atom. The van der Waals surface area contributed by atoms with Gasteiger partial charge in [-0.2, -0.15) is 8.42 Å². The highest BCUT2D eigenvalue weighted by Crippen LogP contribution is 2.23. The van der Waals surface area contributed by atoms with Crippen LogP contribution in [0.5, 0.6) is 0 Å². The Labute approximate surface area is 118 Å². The molecule has 1 N–H and O–H groups in total. The second-order valence-electron chi connectivity index (χ2n) is 4.22. The summed E-state index contributed by atoms with van der Waals surface area (Å²) in [6.45, 7) is 3.64. The lowest BCUT2D eigenvalue weighted by Crippen LogP contribution is -2.01. The molecule has 0 bridgehead atoms. The van der Waals surface area contributed by atoms with Crippen molar-refractivity contribution in [2.75, 3.05) is 0 Å². The van der Waals surface area contributed by atoms with Gasteiger partial charge in [-0.15, -0.1) is 0 Å². The van der Waals surface area contributed by atoms with E-state index in [0.29, 0.717) is 11.1 Å². The average molecular weight is 286 g/mol. The number of rotatable bonds is 4. The summed E-state index contributed by atoms with van der Waals surface area (Å²) >= 11 is 0. The molecule has 4 heteroatoms. The van der Waals surface area contributed by atoms with Gasteiger partial charge in [0.15, 0.2) is 0 Å². The maximum absolute atomic E-state index is 11.6. The van der Waals surface area contributed by atoms with Crippen LogP contribution in [0.15, 0.2) is 61.2 Å². The summed E-state index contributed by atoms with van der Waals surface area (Å²) in [6.07, 6.45) is 3.11. The van der Waals surface area contributed by atoms with E-state index in [2.05, 4.69) is 6.58 Å². The quantitative estimate of drug-likeness (QED) is 0.688. The molecule has 0 radical (unpaired) electrons. The molecule has 0 saturated carbocycles. The molecule has 2 rings (SSSR count). The molecular formula is C16H14O3S. The Hall–Kier alpha value is -2.17. The maximum Gasteiger partial charge on any atom is 0.295 e. The van der Waals surface area contributed by atoms with E-state index in [-0.39, 0.29) is 4.91 Å². The SMILES string of the molecule is C=Cc1ccc(C(=Cc2ccccc2)S(=O)(=O)O)cc1. The summed E-state index contributed by atoms with van der Waals surface area (Å²) in [5.41, 5.74) is 2.01. The standard InChI is InChI=1S/C16H14O3S/c1-2-13-8-10-15(11-9-13)16(20(17,18)19)12-14-6-4-3-5-7-14/h2-12H,1H2,(H,17,18,19). The first-order valence-corrected chi connectivity index (χ1v) is 7.42. The summed E-state index contributed by atoms with van der Waals surface area (Å²) in [7, 11) is -4.30. The second-order valence-corrected chi connectivity index (χ2v) is 5.61. The molecule has 0 fully saturated rings. The first kappa shape index (κ1) is 14.2. The first-order valence-electron chi connectivity index (χ1n) is 5.98. The average Bonchev–Trinajstić information content (AvgIpc) is 2.45. The van der Waals surface area contributed by atoms with Crippen molar-refractivity contribution in [2.45, 2.75) is 0 Å². The van der Waals surface area contributed by atoms with E-state index in [1.807, 2.05) is 6.07 Å². The molecule has 0 aliphatic heterocycles. The molecule has 20 heavy (non-hydrogen) atoms. The van der Waals surface area contributed by atoms with Crippen molar-refractivity contribution in [3.8, 4) is 0 Å². The Bertz CT molecular complexity index is 727. The van der Waals surface area contributed by atoms with Crippen molar-refractivity contribution >= 4 is 27.2 Å². The molecule has 2 aromatic carbocycles. The number of hydrogen-bond acceptors (Lipinski definition) is 2. The predicted octanol–water partition coefficient (Wildman–Crippen LogP) is 3.72. The monoisotopic (exact) mass is 286 g/mol. The molecule has 0 amide bonds. The summed E-state index contributed by atoms with van der Waals surface area (Å²) in [5, 5.41) is 0. The maximum atomic E-state index is 11.6. The second kappa shape index (κ2) is 5.86. The summed E-state index contributed by atoms with van der Waals surface area (Å²) in [4.78, 5) is -0.126. The van der Waals surface area contributed by atoms with E-state index in [4.69, 9.17) is 0 Å². The fraction of sp³-hybridized carbons (Fsp3) is 0. The van der Waals surface area contributed by atoms with Crippen LogP contribution in [0.3, 0.4) is 0 Å². The van der Waals surface area contributed by atoms with Crippen molar-refractivity contribution < 1.29 is 13.0 Å². The highest BCUT2D eigenvalue weighted by molar-refractivity contribution is 7.95. The molecule has 0 atom stereocenters. The van der Waals surface area contributed by atoms with Crippen LogP contribution >= 0.6 is 0 Å². The largest absolute Gasteiger partial charge is 0.295 e. The lowest BCUT2D eigenvalue weighted by atomic mass is 10.1. The van der Waals surface area contributed by atoms with Crippen molar-refractivity contribution in [3.63, 3.8) is 0 Å². The van der Waals surface area contributed by atoms with Gasteiger partial charge in [-0.3, -0.25) is 4.55 Å². The Balaban J connectivity index is 2.53. The van der Waals surface area contributed by atoms with Gasteiger partial charge in [0.05, 0.1) is 0 Å². The smallest absolute Gasteiger partial charge is 0.282 e. The molecule has 3 nitrogen and oxygen atoms in total.